The number of sulfone groups is 1. The van der Waals surface area contributed by atoms with Gasteiger partial charge < -0.3 is 20.2 Å². The van der Waals surface area contributed by atoms with Crippen LogP contribution in [0.3, 0.4) is 0 Å². The first-order chi connectivity index (χ1) is 21.7. The van der Waals surface area contributed by atoms with Gasteiger partial charge in [0.05, 0.1) is 28.3 Å². The molecule has 0 amide bonds. The number of halogens is 9. The number of alkyl halides is 9. The van der Waals surface area contributed by atoms with E-state index in [1.54, 1.807) is 4.90 Å². The second kappa shape index (κ2) is 13.4. The van der Waals surface area contributed by atoms with Gasteiger partial charge in [0.15, 0.2) is 9.84 Å². The molecule has 2 aliphatic rings. The largest absolute Gasteiger partial charge is 0.490 e. The molecular formula is C27H25F9N6O4S. The highest BCUT2D eigenvalue weighted by atomic mass is 32.2. The Morgan fingerprint density at radius 2 is 1.40 bits per heavy atom. The van der Waals surface area contributed by atoms with Crippen molar-refractivity contribution in [3.8, 4) is 0 Å². The Morgan fingerprint density at radius 1 is 0.809 bits per heavy atom. The molecule has 20 heteroatoms. The fourth-order valence-electron chi connectivity index (χ4n) is 4.70. The molecule has 1 fully saturated rings. The number of nitrogens with one attached hydrogen (secondary N) is 1. The lowest BCUT2D eigenvalue weighted by Crippen LogP contribution is -2.41. The van der Waals surface area contributed by atoms with Gasteiger partial charge in [-0.15, -0.1) is 0 Å². The smallest absolute Gasteiger partial charge is 0.475 e. The molecule has 2 aliphatic heterocycles. The van der Waals surface area contributed by atoms with Gasteiger partial charge in [0.1, 0.15) is 11.6 Å². The van der Waals surface area contributed by atoms with Gasteiger partial charge in [0, 0.05) is 50.0 Å². The highest BCUT2D eigenvalue weighted by molar-refractivity contribution is 7.91. The summed E-state index contributed by atoms with van der Waals surface area (Å²) in [4.78, 5) is 25.4. The molecule has 47 heavy (non-hydrogen) atoms. The number of carbonyl (C=O) groups is 1. The van der Waals surface area contributed by atoms with Crippen LogP contribution in [0.4, 0.5) is 62.8 Å². The lowest BCUT2D eigenvalue weighted by atomic mass is 10.1. The van der Waals surface area contributed by atoms with Crippen LogP contribution in [0.5, 0.6) is 0 Å². The van der Waals surface area contributed by atoms with Crippen molar-refractivity contribution in [2.45, 2.75) is 31.4 Å². The summed E-state index contributed by atoms with van der Waals surface area (Å²) < 4.78 is 136. The molecule has 0 atom stereocenters. The Kier molecular flexibility index (Phi) is 10.1. The summed E-state index contributed by atoms with van der Waals surface area (Å²) in [5.41, 5.74) is -0.182. The van der Waals surface area contributed by atoms with E-state index in [1.807, 2.05) is 0 Å². The molecular weight excluding hydrogens is 675 g/mol. The molecule has 0 aliphatic carbocycles. The SMILES string of the molecule is O=C(O)C(F)(F)F.O=S1(=O)CCN(c2nc3c(c(Nc4ccc(C(F)(F)F)cc4)n2)CCN(c2ncccc2C(F)(F)F)CC3)CC1. The molecule has 2 aromatic heterocycles. The number of aromatic nitrogens is 3. The maximum atomic E-state index is 13.7. The molecule has 0 bridgehead atoms. The summed E-state index contributed by atoms with van der Waals surface area (Å²) in [5.74, 6) is -2.58. The van der Waals surface area contributed by atoms with E-state index < -0.39 is 45.5 Å². The van der Waals surface area contributed by atoms with Gasteiger partial charge >= 0.3 is 24.5 Å². The minimum atomic E-state index is -5.08. The van der Waals surface area contributed by atoms with Crippen LogP contribution in [0.15, 0.2) is 42.6 Å². The summed E-state index contributed by atoms with van der Waals surface area (Å²) in [6.45, 7) is 0.669. The summed E-state index contributed by atoms with van der Waals surface area (Å²) >= 11 is 0. The molecule has 256 valence electrons. The number of fused-ring (bicyclic) bond motifs is 1. The fraction of sp³-hybridized carbons (Fsp3) is 0.407. The van der Waals surface area contributed by atoms with E-state index in [0.29, 0.717) is 22.8 Å². The number of benzene rings is 1. The Labute approximate surface area is 261 Å². The van der Waals surface area contributed by atoms with Crippen molar-refractivity contribution in [2.24, 2.45) is 0 Å². The van der Waals surface area contributed by atoms with Crippen LogP contribution in [0.25, 0.3) is 0 Å². The van der Waals surface area contributed by atoms with Crippen molar-refractivity contribution in [2.75, 3.05) is 52.8 Å². The van der Waals surface area contributed by atoms with Gasteiger partial charge in [0.2, 0.25) is 5.95 Å². The number of anilines is 4. The van der Waals surface area contributed by atoms with Crippen LogP contribution in [0.1, 0.15) is 22.4 Å². The molecule has 3 aromatic rings. The highest BCUT2D eigenvalue weighted by Crippen LogP contribution is 2.37. The summed E-state index contributed by atoms with van der Waals surface area (Å²) in [6, 6.07) is 6.58. The monoisotopic (exact) mass is 700 g/mol. The van der Waals surface area contributed by atoms with Gasteiger partial charge in [-0.3, -0.25) is 0 Å². The second-order valence-corrected chi connectivity index (χ2v) is 12.6. The third-order valence-electron chi connectivity index (χ3n) is 7.07. The summed E-state index contributed by atoms with van der Waals surface area (Å²) in [7, 11) is -3.19. The normalized spacial score (nSPS) is 16.8. The number of carboxylic acid groups (broad SMARTS) is 1. The maximum Gasteiger partial charge on any atom is 0.490 e. The minimum Gasteiger partial charge on any atom is -0.475 e. The molecule has 1 aromatic carbocycles. The molecule has 2 N–H and O–H groups in total. The molecule has 0 unspecified atom stereocenters. The molecule has 0 radical (unpaired) electrons. The zero-order valence-electron chi connectivity index (χ0n) is 23.9. The summed E-state index contributed by atoms with van der Waals surface area (Å²) in [5, 5.41) is 10.2. The Hall–Kier alpha value is -4.36. The van der Waals surface area contributed by atoms with Crippen LogP contribution in [0, 0.1) is 0 Å². The molecule has 10 nitrogen and oxygen atoms in total. The van der Waals surface area contributed by atoms with Crippen molar-refractivity contribution in [1.29, 1.82) is 0 Å². The maximum absolute atomic E-state index is 13.7. The number of pyridine rings is 1. The molecule has 0 spiro atoms. The van der Waals surface area contributed by atoms with E-state index in [0.717, 1.165) is 18.2 Å². The van der Waals surface area contributed by atoms with Crippen molar-refractivity contribution >= 4 is 39.1 Å². The van der Waals surface area contributed by atoms with E-state index in [1.165, 1.54) is 29.3 Å². The first kappa shape index (κ1) is 35.5. The Bertz CT molecular complexity index is 1680. The van der Waals surface area contributed by atoms with Crippen LogP contribution < -0.4 is 15.1 Å². The second-order valence-electron chi connectivity index (χ2n) is 10.3. The van der Waals surface area contributed by atoms with Gasteiger partial charge in [-0.1, -0.05) is 0 Å². The van der Waals surface area contributed by atoms with E-state index in [4.69, 9.17) is 9.90 Å². The minimum absolute atomic E-state index is 0.0806. The Morgan fingerprint density at radius 3 is 1.96 bits per heavy atom. The average molecular weight is 701 g/mol. The van der Waals surface area contributed by atoms with Crippen molar-refractivity contribution < 1.29 is 57.8 Å². The van der Waals surface area contributed by atoms with Crippen molar-refractivity contribution in [1.82, 2.24) is 15.0 Å². The number of aliphatic carboxylic acids is 1. The van der Waals surface area contributed by atoms with E-state index in [-0.39, 0.29) is 62.3 Å². The van der Waals surface area contributed by atoms with Crippen LogP contribution in [-0.2, 0) is 39.8 Å². The molecule has 5 rings (SSSR count). The Balaban J connectivity index is 0.000000644. The highest BCUT2D eigenvalue weighted by Gasteiger charge is 2.38. The van der Waals surface area contributed by atoms with Crippen LogP contribution >= 0.6 is 0 Å². The van der Waals surface area contributed by atoms with Gasteiger partial charge in [-0.25, -0.2) is 23.2 Å². The third kappa shape index (κ3) is 9.13. The lowest BCUT2D eigenvalue weighted by Gasteiger charge is -2.28. The van der Waals surface area contributed by atoms with Gasteiger partial charge in [-0.2, -0.15) is 44.5 Å². The number of carboxylic acids is 1. The topological polar surface area (TPSA) is 129 Å². The average Bonchev–Trinajstić information content (AvgIpc) is 3.19. The number of nitrogens with zero attached hydrogens (tertiary/aromatic N) is 5. The number of hydrogen-bond acceptors (Lipinski definition) is 9. The zero-order valence-corrected chi connectivity index (χ0v) is 24.7. The van der Waals surface area contributed by atoms with Gasteiger partial charge in [-0.05, 0) is 42.8 Å². The zero-order chi connectivity index (χ0) is 34.8. The predicted octanol–water partition coefficient (Wildman–Crippen LogP) is 5.13. The van der Waals surface area contributed by atoms with Crippen molar-refractivity contribution in [3.63, 3.8) is 0 Å². The first-order valence-electron chi connectivity index (χ1n) is 13.6. The molecule has 4 heterocycles. The van der Waals surface area contributed by atoms with E-state index in [2.05, 4.69) is 20.3 Å². The number of rotatable bonds is 4. The predicted molar refractivity (Wildman–Crippen MR) is 150 cm³/mol. The van der Waals surface area contributed by atoms with E-state index >= 15 is 0 Å². The first-order valence-corrected chi connectivity index (χ1v) is 15.4. The van der Waals surface area contributed by atoms with Crippen LogP contribution in [0.2, 0.25) is 0 Å². The quantitative estimate of drug-likeness (QED) is 0.354. The third-order valence-corrected chi connectivity index (χ3v) is 8.68. The van der Waals surface area contributed by atoms with Crippen molar-refractivity contribution in [3.05, 3.63) is 65.0 Å². The van der Waals surface area contributed by atoms with E-state index in [9.17, 15) is 47.9 Å². The number of hydrogen-bond donors (Lipinski definition) is 2. The lowest BCUT2D eigenvalue weighted by molar-refractivity contribution is -0.192. The molecule has 0 saturated carbocycles. The van der Waals surface area contributed by atoms with Crippen LogP contribution in [-0.4, -0.2) is 78.3 Å². The standard InChI is InChI=1S/C25H24F6N6O2S.C2HF3O2/c26-24(27,28)16-3-5-17(6-4-16)33-21-18-7-10-36(22-19(25(29,30)31)2-1-9-32-22)11-8-20(18)34-23(35-21)37-12-14-40(38,39)15-13-37;3-2(4,5)1(6)7/h1-6,9H,7-8,10-15H2,(H,33,34,35);(H,6,7). The fourth-order valence-corrected chi connectivity index (χ4v) is 5.91. The van der Waals surface area contributed by atoms with Gasteiger partial charge in [0.25, 0.3) is 0 Å². The summed E-state index contributed by atoms with van der Waals surface area (Å²) in [6.07, 6.45) is -12.4. The molecule has 1 saturated heterocycles.